The predicted molar refractivity (Wildman–Crippen MR) is 52.0 cm³/mol. The third-order valence-corrected chi connectivity index (χ3v) is 2.04. The van der Waals surface area contributed by atoms with Crippen molar-refractivity contribution in [1.29, 1.82) is 0 Å². The van der Waals surface area contributed by atoms with Gasteiger partial charge < -0.3 is 14.4 Å². The van der Waals surface area contributed by atoms with Gasteiger partial charge in [0.25, 0.3) is 0 Å². The minimum Gasteiger partial charge on any atom is -0.507 e. The number of carbonyl (C=O) groups is 1. The van der Waals surface area contributed by atoms with E-state index in [1.54, 1.807) is 0 Å². The summed E-state index contributed by atoms with van der Waals surface area (Å²) < 4.78 is 33.2. The Balaban J connectivity index is 3.31. The second-order valence-electron chi connectivity index (χ2n) is 2.90. The number of rotatable bonds is 3. The van der Waals surface area contributed by atoms with Gasteiger partial charge in [0, 0.05) is 12.1 Å². The Bertz CT molecular complexity index is 532. The Labute approximate surface area is 90.9 Å². The summed E-state index contributed by atoms with van der Waals surface area (Å²) in [6, 6.07) is 1.54. The zero-order valence-corrected chi connectivity index (χ0v) is 8.85. The molecule has 7 nitrogen and oxygen atoms in total. The summed E-state index contributed by atoms with van der Waals surface area (Å²) in [6.07, 6.45) is 0. The molecular weight excluding hydrogens is 240 g/mol. The fourth-order valence-corrected chi connectivity index (χ4v) is 1.38. The summed E-state index contributed by atoms with van der Waals surface area (Å²) in [5.41, 5.74) is -0.239. The molecular formula is C8H8O7S. The maximum Gasteiger partial charge on any atom is 0.446 e. The molecule has 0 aromatic heterocycles. The molecule has 0 radical (unpaired) electrons. The summed E-state index contributed by atoms with van der Waals surface area (Å²) in [4.78, 5) is 11.0. The number of hydrogen-bond acceptors (Lipinski definition) is 6. The average molecular weight is 248 g/mol. The molecule has 0 atom stereocenters. The quantitative estimate of drug-likeness (QED) is 0.525. The van der Waals surface area contributed by atoms with Crippen molar-refractivity contribution < 1.29 is 32.2 Å². The molecule has 3 N–H and O–H groups in total. The Morgan fingerprint density at radius 1 is 1.25 bits per heavy atom. The highest BCUT2D eigenvalue weighted by molar-refractivity contribution is 7.81. The van der Waals surface area contributed by atoms with Crippen LogP contribution >= 0.6 is 0 Å². The molecule has 1 aromatic carbocycles. The molecule has 0 aliphatic heterocycles. The Hall–Kier alpha value is -1.80. The SMILES string of the molecule is CC(=O)c1cc(OS(=O)(=O)O)c(O)cc1O. The zero-order chi connectivity index (χ0) is 12.5. The Kier molecular flexibility index (Phi) is 3.06. The van der Waals surface area contributed by atoms with Crippen molar-refractivity contribution in [3.8, 4) is 17.2 Å². The summed E-state index contributed by atoms with van der Waals surface area (Å²) in [5, 5.41) is 18.4. The molecule has 8 heteroatoms. The monoisotopic (exact) mass is 248 g/mol. The number of ketones is 1. The lowest BCUT2D eigenvalue weighted by molar-refractivity contribution is 0.101. The van der Waals surface area contributed by atoms with Crippen LogP contribution in [0, 0.1) is 0 Å². The van der Waals surface area contributed by atoms with Crippen LogP contribution in [0.3, 0.4) is 0 Å². The second kappa shape index (κ2) is 3.99. The van der Waals surface area contributed by atoms with Gasteiger partial charge >= 0.3 is 10.4 Å². The van der Waals surface area contributed by atoms with E-state index in [0.717, 1.165) is 19.1 Å². The lowest BCUT2D eigenvalue weighted by Gasteiger charge is -2.07. The molecule has 16 heavy (non-hydrogen) atoms. The molecule has 0 fully saturated rings. The number of Topliss-reactive ketones (excluding diaryl/α,β-unsaturated/α-hetero) is 1. The standard InChI is InChI=1S/C8H8O7S/c1-4(9)5-2-8(15-16(12,13)14)7(11)3-6(5)10/h2-3,10-11H,1H3,(H,12,13,14). The van der Waals surface area contributed by atoms with Gasteiger partial charge in [-0.3, -0.25) is 9.35 Å². The summed E-state index contributed by atoms with van der Waals surface area (Å²) >= 11 is 0. The summed E-state index contributed by atoms with van der Waals surface area (Å²) in [6.45, 7) is 1.13. The van der Waals surface area contributed by atoms with Gasteiger partial charge in [-0.05, 0) is 6.92 Å². The van der Waals surface area contributed by atoms with Crippen molar-refractivity contribution in [3.63, 3.8) is 0 Å². The smallest absolute Gasteiger partial charge is 0.446 e. The van der Waals surface area contributed by atoms with Crippen molar-refractivity contribution in [3.05, 3.63) is 17.7 Å². The zero-order valence-electron chi connectivity index (χ0n) is 8.04. The van der Waals surface area contributed by atoms with Crippen LogP contribution < -0.4 is 4.18 Å². The molecule has 0 saturated heterocycles. The minimum absolute atomic E-state index is 0.239. The average Bonchev–Trinajstić information content (AvgIpc) is 2.07. The maximum absolute atomic E-state index is 11.0. The van der Waals surface area contributed by atoms with Gasteiger partial charge in [0.1, 0.15) is 5.75 Å². The molecule has 0 spiro atoms. The van der Waals surface area contributed by atoms with Gasteiger partial charge in [-0.25, -0.2) is 0 Å². The second-order valence-corrected chi connectivity index (χ2v) is 3.93. The van der Waals surface area contributed by atoms with E-state index in [9.17, 15) is 23.4 Å². The first kappa shape index (κ1) is 12.3. The van der Waals surface area contributed by atoms with Crippen LogP contribution in [0.4, 0.5) is 0 Å². The normalized spacial score (nSPS) is 11.1. The van der Waals surface area contributed by atoms with Crippen LogP contribution in [0.25, 0.3) is 0 Å². The first-order chi connectivity index (χ1) is 7.20. The van der Waals surface area contributed by atoms with Crippen LogP contribution in [0.2, 0.25) is 0 Å². The van der Waals surface area contributed by atoms with E-state index in [1.165, 1.54) is 0 Å². The molecule has 1 aromatic rings. The molecule has 1 rings (SSSR count). The molecule has 0 saturated carbocycles. The van der Waals surface area contributed by atoms with E-state index in [0.29, 0.717) is 0 Å². The lowest BCUT2D eigenvalue weighted by Crippen LogP contribution is -2.07. The van der Waals surface area contributed by atoms with E-state index in [4.69, 9.17) is 4.55 Å². The minimum atomic E-state index is -4.81. The van der Waals surface area contributed by atoms with Crippen molar-refractivity contribution in [2.24, 2.45) is 0 Å². The van der Waals surface area contributed by atoms with Gasteiger partial charge in [-0.2, -0.15) is 8.42 Å². The number of phenolic OH excluding ortho intramolecular Hbond substituents is 2. The predicted octanol–water partition coefficient (Wildman–Crippen LogP) is 0.482. The highest BCUT2D eigenvalue weighted by atomic mass is 32.3. The van der Waals surface area contributed by atoms with Gasteiger partial charge in [0.15, 0.2) is 17.3 Å². The summed E-state index contributed by atoms with van der Waals surface area (Å²) in [5.74, 6) is -2.45. The van der Waals surface area contributed by atoms with Gasteiger partial charge in [0.2, 0.25) is 0 Å². The maximum atomic E-state index is 11.0. The van der Waals surface area contributed by atoms with Crippen LogP contribution in [0.1, 0.15) is 17.3 Å². The van der Waals surface area contributed by atoms with E-state index >= 15 is 0 Å². The van der Waals surface area contributed by atoms with Crippen molar-refractivity contribution >= 4 is 16.2 Å². The molecule has 0 aliphatic rings. The van der Waals surface area contributed by atoms with Crippen molar-refractivity contribution in [2.45, 2.75) is 6.92 Å². The van der Waals surface area contributed by atoms with Crippen LogP contribution in [-0.2, 0) is 10.4 Å². The largest absolute Gasteiger partial charge is 0.507 e. The summed E-state index contributed by atoms with van der Waals surface area (Å²) in [7, 11) is -4.81. The Morgan fingerprint density at radius 3 is 2.25 bits per heavy atom. The highest BCUT2D eigenvalue weighted by Crippen LogP contribution is 2.34. The van der Waals surface area contributed by atoms with Crippen LogP contribution in [-0.4, -0.2) is 29.0 Å². The number of carbonyl (C=O) groups excluding carboxylic acids is 1. The van der Waals surface area contributed by atoms with E-state index in [1.807, 2.05) is 0 Å². The van der Waals surface area contributed by atoms with E-state index in [2.05, 4.69) is 4.18 Å². The molecule has 0 amide bonds. The third-order valence-electron chi connectivity index (χ3n) is 1.65. The fraction of sp³-hybridized carbons (Fsp3) is 0.125. The fourth-order valence-electron chi connectivity index (χ4n) is 1.02. The molecule has 88 valence electrons. The Morgan fingerprint density at radius 2 is 1.81 bits per heavy atom. The lowest BCUT2D eigenvalue weighted by atomic mass is 10.1. The molecule has 0 bridgehead atoms. The molecule has 0 aliphatic carbocycles. The van der Waals surface area contributed by atoms with Gasteiger partial charge in [0.05, 0.1) is 5.56 Å². The number of aromatic hydroxyl groups is 2. The van der Waals surface area contributed by atoms with Gasteiger partial charge in [-0.1, -0.05) is 0 Å². The van der Waals surface area contributed by atoms with Crippen molar-refractivity contribution in [2.75, 3.05) is 0 Å². The van der Waals surface area contributed by atoms with Crippen molar-refractivity contribution in [1.82, 2.24) is 0 Å². The third kappa shape index (κ3) is 2.84. The first-order valence-electron chi connectivity index (χ1n) is 3.94. The molecule has 0 unspecified atom stereocenters. The highest BCUT2D eigenvalue weighted by Gasteiger charge is 2.17. The van der Waals surface area contributed by atoms with Crippen LogP contribution in [0.15, 0.2) is 12.1 Å². The topological polar surface area (TPSA) is 121 Å². The van der Waals surface area contributed by atoms with E-state index < -0.39 is 33.4 Å². The van der Waals surface area contributed by atoms with E-state index in [-0.39, 0.29) is 5.56 Å². The van der Waals surface area contributed by atoms with Gasteiger partial charge in [-0.15, -0.1) is 0 Å². The number of benzene rings is 1. The number of phenols is 2. The molecule has 0 heterocycles. The number of hydrogen-bond donors (Lipinski definition) is 3. The van der Waals surface area contributed by atoms with Crippen LogP contribution in [0.5, 0.6) is 17.2 Å². The first-order valence-corrected chi connectivity index (χ1v) is 5.31.